The van der Waals surface area contributed by atoms with Crippen LogP contribution < -0.4 is 0 Å². The number of carbonyl (C=O) groups excluding carboxylic acids is 1. The molecule has 1 rings (SSSR count). The van der Waals surface area contributed by atoms with Gasteiger partial charge in [-0.2, -0.15) is 0 Å². The molecule has 0 aromatic heterocycles. The van der Waals surface area contributed by atoms with Crippen LogP contribution in [-0.4, -0.2) is 18.0 Å². The van der Waals surface area contributed by atoms with E-state index in [0.29, 0.717) is 18.1 Å². The number of ether oxygens (including phenoxy) is 1. The highest BCUT2D eigenvalue weighted by Crippen LogP contribution is 2.18. The first-order valence-electron chi connectivity index (χ1n) is 4.69. The average Bonchev–Trinajstić information content (AvgIpc) is 2.21. The van der Waals surface area contributed by atoms with E-state index < -0.39 is 11.3 Å². The summed E-state index contributed by atoms with van der Waals surface area (Å²) in [6.07, 6.45) is 0.389. The van der Waals surface area contributed by atoms with Gasteiger partial charge in [-0.25, -0.2) is 0 Å². The number of hydrogen-bond donors (Lipinski definition) is 0. The highest BCUT2D eigenvalue weighted by atomic mass is 35.5. The van der Waals surface area contributed by atoms with Gasteiger partial charge in [0.05, 0.1) is 6.61 Å². The molecule has 82 valence electrons. The molecule has 0 saturated heterocycles. The summed E-state index contributed by atoms with van der Waals surface area (Å²) in [5.74, 6) is -0.404. The van der Waals surface area contributed by atoms with Crippen molar-refractivity contribution in [2.75, 3.05) is 6.61 Å². The summed E-state index contributed by atoms with van der Waals surface area (Å²) in [6.45, 7) is 2.08. The molecule has 1 aromatic carbocycles. The van der Waals surface area contributed by atoms with Crippen molar-refractivity contribution in [2.24, 2.45) is 0 Å². The van der Waals surface area contributed by atoms with E-state index in [1.54, 1.807) is 13.0 Å². The molecule has 0 heterocycles. The van der Waals surface area contributed by atoms with Crippen LogP contribution in [0.3, 0.4) is 0 Å². The van der Waals surface area contributed by atoms with Crippen molar-refractivity contribution in [3.63, 3.8) is 0 Å². The third kappa shape index (κ3) is 3.73. The molecule has 0 radical (unpaired) electrons. The number of benzene rings is 1. The fourth-order valence-corrected chi connectivity index (χ4v) is 1.62. The number of halogens is 2. The molecule has 0 spiro atoms. The van der Waals surface area contributed by atoms with E-state index in [2.05, 4.69) is 0 Å². The maximum atomic E-state index is 11.3. The van der Waals surface area contributed by atoms with Gasteiger partial charge in [0.2, 0.25) is 0 Å². The standard InChI is InChI=1S/C11H12Cl2O2/c1-2-15-11(14)10(13)7-8-5-3-4-6-9(8)12/h3-6,10H,2,7H2,1H3. The molecule has 1 unspecified atom stereocenters. The van der Waals surface area contributed by atoms with E-state index in [9.17, 15) is 4.79 Å². The lowest BCUT2D eigenvalue weighted by molar-refractivity contribution is -0.142. The molecule has 4 heteroatoms. The fraction of sp³-hybridized carbons (Fsp3) is 0.364. The summed E-state index contributed by atoms with van der Waals surface area (Å²) in [5.41, 5.74) is 0.854. The molecule has 0 fully saturated rings. The molecule has 15 heavy (non-hydrogen) atoms. The first-order valence-corrected chi connectivity index (χ1v) is 5.50. The largest absolute Gasteiger partial charge is 0.465 e. The maximum Gasteiger partial charge on any atom is 0.324 e. The van der Waals surface area contributed by atoms with Crippen LogP contribution in [0.2, 0.25) is 5.02 Å². The zero-order valence-electron chi connectivity index (χ0n) is 8.37. The van der Waals surface area contributed by atoms with E-state index in [0.717, 1.165) is 5.56 Å². The van der Waals surface area contributed by atoms with Gasteiger partial charge in [-0.15, -0.1) is 11.6 Å². The highest BCUT2D eigenvalue weighted by Gasteiger charge is 2.17. The molecule has 0 bridgehead atoms. The van der Waals surface area contributed by atoms with Gasteiger partial charge in [0.15, 0.2) is 0 Å². The maximum absolute atomic E-state index is 11.3. The number of carbonyl (C=O) groups is 1. The molecule has 0 aliphatic heterocycles. The van der Waals surface area contributed by atoms with Gasteiger partial charge < -0.3 is 4.74 Å². The van der Waals surface area contributed by atoms with Crippen molar-refractivity contribution in [1.82, 2.24) is 0 Å². The van der Waals surface area contributed by atoms with Gasteiger partial charge in [-0.05, 0) is 18.6 Å². The zero-order chi connectivity index (χ0) is 11.3. The van der Waals surface area contributed by atoms with Crippen molar-refractivity contribution in [3.8, 4) is 0 Å². The van der Waals surface area contributed by atoms with Crippen molar-refractivity contribution in [2.45, 2.75) is 18.7 Å². The molecule has 0 aliphatic rings. The van der Waals surface area contributed by atoms with Crippen molar-refractivity contribution in [3.05, 3.63) is 34.9 Å². The summed E-state index contributed by atoms with van der Waals surface area (Å²) in [5, 5.41) is -0.0581. The summed E-state index contributed by atoms with van der Waals surface area (Å²) in [6, 6.07) is 7.30. The Bertz CT molecular complexity index is 339. The van der Waals surface area contributed by atoms with E-state index in [1.165, 1.54) is 0 Å². The first kappa shape index (κ1) is 12.3. The predicted molar refractivity (Wildman–Crippen MR) is 61.4 cm³/mol. The topological polar surface area (TPSA) is 26.3 Å². The molecule has 0 amide bonds. The minimum absolute atomic E-state index is 0.338. The van der Waals surface area contributed by atoms with E-state index >= 15 is 0 Å². The van der Waals surface area contributed by atoms with Gasteiger partial charge in [0.25, 0.3) is 0 Å². The van der Waals surface area contributed by atoms with Crippen molar-refractivity contribution < 1.29 is 9.53 Å². The van der Waals surface area contributed by atoms with Gasteiger partial charge in [-0.1, -0.05) is 29.8 Å². The van der Waals surface area contributed by atoms with Crippen molar-refractivity contribution >= 4 is 29.2 Å². The number of esters is 1. The lowest BCUT2D eigenvalue weighted by Crippen LogP contribution is -2.20. The smallest absolute Gasteiger partial charge is 0.324 e. The number of rotatable bonds is 4. The summed E-state index contributed by atoms with van der Waals surface area (Å²) in [7, 11) is 0. The molecule has 2 nitrogen and oxygen atoms in total. The lowest BCUT2D eigenvalue weighted by atomic mass is 10.1. The van der Waals surface area contributed by atoms with Crippen LogP contribution in [0.1, 0.15) is 12.5 Å². The summed E-state index contributed by atoms with van der Waals surface area (Å²) >= 11 is 11.8. The Hall–Kier alpha value is -0.730. The van der Waals surface area contributed by atoms with Crippen LogP contribution in [0.5, 0.6) is 0 Å². The Morgan fingerprint density at radius 3 is 2.73 bits per heavy atom. The van der Waals surface area contributed by atoms with Gasteiger partial charge in [-0.3, -0.25) is 4.79 Å². The summed E-state index contributed by atoms with van der Waals surface area (Å²) in [4.78, 5) is 11.3. The second-order valence-electron chi connectivity index (χ2n) is 3.02. The first-order chi connectivity index (χ1) is 7.15. The van der Waals surface area contributed by atoms with Crippen LogP contribution in [0.4, 0.5) is 0 Å². The Balaban J connectivity index is 2.62. The van der Waals surface area contributed by atoms with Gasteiger partial charge >= 0.3 is 5.97 Å². The van der Waals surface area contributed by atoms with E-state index in [-0.39, 0.29) is 0 Å². The highest BCUT2D eigenvalue weighted by molar-refractivity contribution is 6.32. The molecular weight excluding hydrogens is 235 g/mol. The third-order valence-electron chi connectivity index (χ3n) is 1.90. The molecule has 1 atom stereocenters. The minimum Gasteiger partial charge on any atom is -0.465 e. The van der Waals surface area contributed by atoms with E-state index in [4.69, 9.17) is 27.9 Å². The monoisotopic (exact) mass is 246 g/mol. The van der Waals surface area contributed by atoms with E-state index in [1.807, 2.05) is 18.2 Å². The molecule has 0 aliphatic carbocycles. The SMILES string of the molecule is CCOC(=O)C(Cl)Cc1ccccc1Cl. The van der Waals surface area contributed by atoms with Gasteiger partial charge in [0.1, 0.15) is 5.38 Å². The average molecular weight is 247 g/mol. The molecule has 1 aromatic rings. The lowest BCUT2D eigenvalue weighted by Gasteiger charge is -2.09. The minimum atomic E-state index is -0.676. The second-order valence-corrected chi connectivity index (χ2v) is 3.95. The van der Waals surface area contributed by atoms with Gasteiger partial charge in [0, 0.05) is 11.4 Å². The molecular formula is C11H12Cl2O2. The fourth-order valence-electron chi connectivity index (χ4n) is 1.17. The van der Waals surface area contributed by atoms with Crippen LogP contribution in [0.25, 0.3) is 0 Å². The van der Waals surface area contributed by atoms with Crippen LogP contribution in [0.15, 0.2) is 24.3 Å². The Kier molecular flexibility index (Phi) is 4.92. The Morgan fingerprint density at radius 1 is 1.47 bits per heavy atom. The number of alkyl halides is 1. The third-order valence-corrected chi connectivity index (χ3v) is 2.60. The Morgan fingerprint density at radius 2 is 2.13 bits per heavy atom. The Labute approximate surface area is 99.1 Å². The molecule has 0 N–H and O–H groups in total. The van der Waals surface area contributed by atoms with Crippen molar-refractivity contribution in [1.29, 1.82) is 0 Å². The predicted octanol–water partition coefficient (Wildman–Crippen LogP) is 3.05. The summed E-state index contributed by atoms with van der Waals surface area (Å²) < 4.78 is 4.80. The quantitative estimate of drug-likeness (QED) is 0.603. The second kappa shape index (κ2) is 5.99. The van der Waals surface area contributed by atoms with Crippen LogP contribution >= 0.6 is 23.2 Å². The number of hydrogen-bond acceptors (Lipinski definition) is 2. The molecule has 0 saturated carbocycles. The van der Waals surface area contributed by atoms with Crippen LogP contribution in [0, 0.1) is 0 Å². The normalized spacial score (nSPS) is 12.2. The zero-order valence-corrected chi connectivity index (χ0v) is 9.89. The van der Waals surface area contributed by atoms with Crippen LogP contribution in [-0.2, 0) is 16.0 Å².